The van der Waals surface area contributed by atoms with Crippen molar-refractivity contribution in [1.29, 1.82) is 0 Å². The van der Waals surface area contributed by atoms with Crippen molar-refractivity contribution in [2.45, 2.75) is 0 Å². The number of nitrogens with two attached hydrogens (primary N) is 1. The number of aromatic nitrogens is 3. The average molecular weight is 240 g/mol. The molecular weight excluding hydrogens is 224 g/mol. The van der Waals surface area contributed by atoms with Crippen LogP contribution in [0.15, 0.2) is 11.0 Å². The lowest BCUT2D eigenvalue weighted by atomic mass is 10.3. The molecule has 94 valence electrons. The third kappa shape index (κ3) is 2.53. The van der Waals surface area contributed by atoms with Gasteiger partial charge in [-0.1, -0.05) is 0 Å². The van der Waals surface area contributed by atoms with Crippen molar-refractivity contribution in [2.75, 3.05) is 50.1 Å². The lowest BCUT2D eigenvalue weighted by molar-refractivity contribution is 0.188. The minimum Gasteiger partial charge on any atom is -0.395 e. The molecule has 3 N–H and O–H groups in total. The van der Waals surface area contributed by atoms with Gasteiger partial charge in [0.25, 0.3) is 5.56 Å². The molecule has 2 heterocycles. The normalized spacial score (nSPS) is 17.4. The van der Waals surface area contributed by atoms with Gasteiger partial charge >= 0.3 is 0 Å². The molecule has 0 radical (unpaired) electrons. The zero-order chi connectivity index (χ0) is 12.3. The number of β-amino-alcohol motifs (C(OH)–C–C–N with tert-alkyl or cyclic N) is 1. The van der Waals surface area contributed by atoms with Crippen LogP contribution in [0, 0.1) is 0 Å². The molecule has 0 atom stereocenters. The third-order valence-corrected chi connectivity index (χ3v) is 2.84. The summed E-state index contributed by atoms with van der Waals surface area (Å²) in [6, 6.07) is 0. The fraction of sp³-hybridized carbons (Fsp3) is 0.667. The molecule has 2 rings (SSSR count). The Labute approximate surface area is 98.2 Å². The van der Waals surface area contributed by atoms with Gasteiger partial charge in [-0.25, -0.2) is 0 Å². The Balaban J connectivity index is 2.05. The predicted molar refractivity (Wildman–Crippen MR) is 62.2 cm³/mol. The molecule has 0 saturated carbocycles. The summed E-state index contributed by atoms with van der Waals surface area (Å²) in [5.41, 5.74) is -0.368. The van der Waals surface area contributed by atoms with Gasteiger partial charge in [0.05, 0.1) is 6.61 Å². The summed E-state index contributed by atoms with van der Waals surface area (Å²) in [6.07, 6.45) is 1.09. The maximum atomic E-state index is 11.3. The predicted octanol–water partition coefficient (Wildman–Crippen LogP) is -2.53. The topological polar surface area (TPSA) is 101 Å². The van der Waals surface area contributed by atoms with Crippen LogP contribution in [-0.4, -0.2) is 64.2 Å². The van der Waals surface area contributed by atoms with Crippen LogP contribution in [0.3, 0.4) is 0 Å². The largest absolute Gasteiger partial charge is 0.395 e. The van der Waals surface area contributed by atoms with Crippen molar-refractivity contribution < 1.29 is 5.11 Å². The first-order valence-electron chi connectivity index (χ1n) is 5.50. The van der Waals surface area contributed by atoms with E-state index in [9.17, 15) is 4.79 Å². The van der Waals surface area contributed by atoms with E-state index in [1.54, 1.807) is 0 Å². The molecule has 8 nitrogen and oxygen atoms in total. The van der Waals surface area contributed by atoms with Crippen LogP contribution < -0.4 is 16.3 Å². The van der Waals surface area contributed by atoms with Gasteiger partial charge in [-0.3, -0.25) is 9.69 Å². The van der Waals surface area contributed by atoms with Gasteiger partial charge in [0, 0.05) is 32.7 Å². The van der Waals surface area contributed by atoms with Gasteiger partial charge in [0.1, 0.15) is 6.20 Å². The molecule has 17 heavy (non-hydrogen) atoms. The van der Waals surface area contributed by atoms with E-state index in [-0.39, 0.29) is 12.2 Å². The summed E-state index contributed by atoms with van der Waals surface area (Å²) in [5.74, 6) is 6.00. The van der Waals surface area contributed by atoms with E-state index in [2.05, 4.69) is 15.1 Å². The maximum Gasteiger partial charge on any atom is 0.292 e. The van der Waals surface area contributed by atoms with Crippen molar-refractivity contribution in [1.82, 2.24) is 19.8 Å². The lowest BCUT2D eigenvalue weighted by Gasteiger charge is -2.34. The molecule has 0 aromatic carbocycles. The lowest BCUT2D eigenvalue weighted by Crippen LogP contribution is -2.49. The first kappa shape index (κ1) is 11.8. The van der Waals surface area contributed by atoms with E-state index in [1.165, 1.54) is 0 Å². The number of piperazine rings is 1. The summed E-state index contributed by atoms with van der Waals surface area (Å²) in [5, 5.41) is 16.3. The summed E-state index contributed by atoms with van der Waals surface area (Å²) in [4.78, 5) is 15.4. The molecule has 1 saturated heterocycles. The SMILES string of the molecule is Nn1c(N2CCN(CCO)CC2)nncc1=O. The van der Waals surface area contributed by atoms with Gasteiger partial charge in [-0.2, -0.15) is 4.68 Å². The summed E-state index contributed by atoms with van der Waals surface area (Å²) >= 11 is 0. The second-order valence-corrected chi connectivity index (χ2v) is 3.91. The van der Waals surface area contributed by atoms with E-state index in [0.717, 1.165) is 37.1 Å². The first-order chi connectivity index (χ1) is 8.22. The van der Waals surface area contributed by atoms with Crippen molar-refractivity contribution >= 4 is 5.95 Å². The van der Waals surface area contributed by atoms with E-state index >= 15 is 0 Å². The Morgan fingerprint density at radius 2 is 2.06 bits per heavy atom. The molecule has 1 aromatic heterocycles. The standard InChI is InChI=1S/C9H16N6O2/c10-15-8(17)7-11-12-9(15)14-3-1-13(2-4-14)5-6-16/h7,16H,1-6,10H2. The van der Waals surface area contributed by atoms with E-state index in [4.69, 9.17) is 10.9 Å². The molecule has 0 bridgehead atoms. The van der Waals surface area contributed by atoms with E-state index in [0.29, 0.717) is 12.5 Å². The Morgan fingerprint density at radius 1 is 1.35 bits per heavy atom. The third-order valence-electron chi connectivity index (χ3n) is 2.84. The molecule has 1 aliphatic heterocycles. The number of nitrogen functional groups attached to an aromatic ring is 1. The highest BCUT2D eigenvalue weighted by molar-refractivity contribution is 5.30. The highest BCUT2D eigenvalue weighted by atomic mass is 16.3. The van der Waals surface area contributed by atoms with E-state index < -0.39 is 0 Å². The smallest absolute Gasteiger partial charge is 0.292 e. The van der Waals surface area contributed by atoms with Crippen molar-refractivity contribution in [3.8, 4) is 0 Å². The summed E-state index contributed by atoms with van der Waals surface area (Å²) < 4.78 is 1.01. The molecule has 1 aliphatic rings. The molecule has 0 aliphatic carbocycles. The van der Waals surface area contributed by atoms with Crippen LogP contribution in [0.4, 0.5) is 5.95 Å². The molecule has 0 amide bonds. The van der Waals surface area contributed by atoms with Crippen LogP contribution in [0.1, 0.15) is 0 Å². The minimum absolute atomic E-state index is 0.159. The first-order valence-corrected chi connectivity index (χ1v) is 5.50. The van der Waals surface area contributed by atoms with Gasteiger partial charge in [0.15, 0.2) is 0 Å². The number of aliphatic hydroxyl groups excluding tert-OH is 1. The molecule has 8 heteroatoms. The number of anilines is 1. The molecule has 0 unspecified atom stereocenters. The highest BCUT2D eigenvalue weighted by Gasteiger charge is 2.20. The van der Waals surface area contributed by atoms with Crippen LogP contribution in [0.5, 0.6) is 0 Å². The summed E-state index contributed by atoms with van der Waals surface area (Å²) in [7, 11) is 0. The summed E-state index contributed by atoms with van der Waals surface area (Å²) in [6.45, 7) is 3.89. The van der Waals surface area contributed by atoms with Crippen LogP contribution in [0.25, 0.3) is 0 Å². The second-order valence-electron chi connectivity index (χ2n) is 3.91. The quantitative estimate of drug-likeness (QED) is 0.562. The van der Waals surface area contributed by atoms with Crippen molar-refractivity contribution in [2.24, 2.45) is 0 Å². The van der Waals surface area contributed by atoms with Crippen LogP contribution in [-0.2, 0) is 0 Å². The number of hydrogen-bond donors (Lipinski definition) is 2. The van der Waals surface area contributed by atoms with Gasteiger partial charge in [-0.05, 0) is 0 Å². The van der Waals surface area contributed by atoms with Crippen molar-refractivity contribution in [3.63, 3.8) is 0 Å². The fourth-order valence-corrected chi connectivity index (χ4v) is 1.87. The Kier molecular flexibility index (Phi) is 3.55. The zero-order valence-electron chi connectivity index (χ0n) is 9.49. The van der Waals surface area contributed by atoms with Gasteiger partial charge in [-0.15, -0.1) is 10.2 Å². The van der Waals surface area contributed by atoms with Crippen molar-refractivity contribution in [3.05, 3.63) is 16.6 Å². The Bertz CT molecular complexity index is 426. The maximum absolute atomic E-state index is 11.3. The fourth-order valence-electron chi connectivity index (χ4n) is 1.87. The number of aliphatic hydroxyl groups is 1. The minimum atomic E-state index is -0.368. The molecule has 1 fully saturated rings. The van der Waals surface area contributed by atoms with Crippen LogP contribution in [0.2, 0.25) is 0 Å². The Hall–Kier alpha value is -1.67. The molecular formula is C9H16N6O2. The Morgan fingerprint density at radius 3 is 2.71 bits per heavy atom. The monoisotopic (exact) mass is 240 g/mol. The molecule has 0 spiro atoms. The number of rotatable bonds is 3. The van der Waals surface area contributed by atoms with Gasteiger partial charge in [0.2, 0.25) is 5.95 Å². The second kappa shape index (κ2) is 5.11. The average Bonchev–Trinajstić information content (AvgIpc) is 2.34. The highest BCUT2D eigenvalue weighted by Crippen LogP contribution is 2.08. The zero-order valence-corrected chi connectivity index (χ0v) is 9.49. The number of hydrogen-bond acceptors (Lipinski definition) is 7. The number of nitrogens with zero attached hydrogens (tertiary/aromatic N) is 5. The molecule has 1 aromatic rings. The van der Waals surface area contributed by atoms with E-state index in [1.807, 2.05) is 4.90 Å². The van der Waals surface area contributed by atoms with Crippen LogP contribution >= 0.6 is 0 Å². The van der Waals surface area contributed by atoms with Gasteiger partial charge < -0.3 is 15.8 Å².